The quantitative estimate of drug-likeness (QED) is 0.650. The summed E-state index contributed by atoms with van der Waals surface area (Å²) in [6.45, 7) is 3.50. The number of rotatable bonds is 9. The molecule has 0 atom stereocenters. The van der Waals surface area contributed by atoms with Crippen LogP contribution in [0.4, 0.5) is 10.1 Å². The number of carbonyl (C=O) groups is 2. The molecule has 2 aromatic carbocycles. The lowest BCUT2D eigenvalue weighted by Crippen LogP contribution is -2.40. The number of para-hydroxylation sites is 1. The maximum absolute atomic E-state index is 12.9. The molecule has 0 saturated carbocycles. The third-order valence-electron chi connectivity index (χ3n) is 4.21. The van der Waals surface area contributed by atoms with E-state index in [0.29, 0.717) is 0 Å². The number of hydrogen-bond donors (Lipinski definition) is 2. The van der Waals surface area contributed by atoms with Crippen LogP contribution in [0.5, 0.6) is 0 Å². The van der Waals surface area contributed by atoms with Crippen molar-refractivity contribution in [1.82, 2.24) is 10.2 Å². The monoisotopic (exact) mass is 421 g/mol. The summed E-state index contributed by atoms with van der Waals surface area (Å²) >= 11 is 0. The Kier molecular flexibility index (Phi) is 7.72. The smallest absolute Gasteiger partial charge is 0.256 e. The Labute approximate surface area is 170 Å². The summed E-state index contributed by atoms with van der Waals surface area (Å²) in [4.78, 5) is 26.5. The van der Waals surface area contributed by atoms with Crippen LogP contribution in [-0.4, -0.2) is 44.0 Å². The van der Waals surface area contributed by atoms with Gasteiger partial charge >= 0.3 is 0 Å². The van der Waals surface area contributed by atoms with Crippen LogP contribution in [0.2, 0.25) is 0 Å². The molecule has 0 unspecified atom stereocenters. The number of nitrogens with zero attached hydrogens (tertiary/aromatic N) is 1. The zero-order valence-electron chi connectivity index (χ0n) is 16.3. The molecule has 0 bridgehead atoms. The highest BCUT2D eigenvalue weighted by Crippen LogP contribution is 2.19. The Morgan fingerprint density at radius 1 is 1.03 bits per heavy atom. The van der Waals surface area contributed by atoms with E-state index in [1.54, 1.807) is 31.2 Å². The molecule has 2 aromatic rings. The van der Waals surface area contributed by atoms with Gasteiger partial charge in [0.05, 0.1) is 23.5 Å². The highest BCUT2D eigenvalue weighted by Gasteiger charge is 2.21. The van der Waals surface area contributed by atoms with Gasteiger partial charge in [-0.15, -0.1) is 0 Å². The van der Waals surface area contributed by atoms with E-state index in [1.807, 2.05) is 0 Å². The number of benzene rings is 2. The molecule has 7 nitrogen and oxygen atoms in total. The Balaban J connectivity index is 2.06. The Bertz CT molecular complexity index is 962. The van der Waals surface area contributed by atoms with Crippen LogP contribution in [0, 0.1) is 5.82 Å². The first-order chi connectivity index (χ1) is 13.8. The summed E-state index contributed by atoms with van der Waals surface area (Å²) < 4.78 is 39.1. The molecule has 2 N–H and O–H groups in total. The fourth-order valence-electron chi connectivity index (χ4n) is 2.53. The Hall–Kier alpha value is -2.94. The largest absolute Gasteiger partial charge is 0.350 e. The maximum Gasteiger partial charge on any atom is 0.256 e. The number of amides is 2. The van der Waals surface area contributed by atoms with Crippen molar-refractivity contribution in [3.63, 3.8) is 0 Å². The molecular formula is C20H24FN3O4S. The summed E-state index contributed by atoms with van der Waals surface area (Å²) in [6, 6.07) is 12.0. The number of nitrogens with one attached hydrogen (secondary N) is 2. The minimum absolute atomic E-state index is 0.126. The Morgan fingerprint density at radius 3 is 2.31 bits per heavy atom. The summed E-state index contributed by atoms with van der Waals surface area (Å²) in [5.74, 6) is -1.33. The van der Waals surface area contributed by atoms with Crippen LogP contribution in [0.25, 0.3) is 0 Å². The summed E-state index contributed by atoms with van der Waals surface area (Å²) in [5.41, 5.74) is 1.07. The van der Waals surface area contributed by atoms with Crippen LogP contribution in [-0.2, 0) is 21.4 Å². The number of hydrogen-bond acceptors (Lipinski definition) is 4. The fraction of sp³-hybridized carbons (Fsp3) is 0.300. The minimum atomic E-state index is -3.55. The molecule has 0 saturated heterocycles. The zero-order valence-corrected chi connectivity index (χ0v) is 17.1. The number of anilines is 1. The van der Waals surface area contributed by atoms with E-state index in [0.717, 1.165) is 5.56 Å². The molecule has 0 aliphatic carbocycles. The molecule has 29 heavy (non-hydrogen) atoms. The molecule has 2 rings (SSSR count). The minimum Gasteiger partial charge on any atom is -0.350 e. The van der Waals surface area contributed by atoms with Gasteiger partial charge in [-0.2, -0.15) is 0 Å². The zero-order chi connectivity index (χ0) is 21.4. The SMILES string of the molecule is CCN(CC(=O)NCc1ccc(F)cc1)C(=O)c1ccccc1NS(=O)(=O)CC. The summed E-state index contributed by atoms with van der Waals surface area (Å²) in [5, 5.41) is 2.68. The highest BCUT2D eigenvalue weighted by molar-refractivity contribution is 7.92. The van der Waals surface area contributed by atoms with Gasteiger partial charge in [0.2, 0.25) is 15.9 Å². The van der Waals surface area contributed by atoms with E-state index >= 15 is 0 Å². The van der Waals surface area contributed by atoms with Gasteiger partial charge < -0.3 is 10.2 Å². The molecule has 0 aromatic heterocycles. The molecule has 0 aliphatic heterocycles. The molecule has 0 heterocycles. The van der Waals surface area contributed by atoms with Crippen LogP contribution in [0.3, 0.4) is 0 Å². The first kappa shape index (κ1) is 22.4. The first-order valence-electron chi connectivity index (χ1n) is 9.15. The van der Waals surface area contributed by atoms with Gasteiger partial charge in [0.15, 0.2) is 0 Å². The maximum atomic E-state index is 12.9. The van der Waals surface area contributed by atoms with Crippen LogP contribution < -0.4 is 10.0 Å². The van der Waals surface area contributed by atoms with Gasteiger partial charge in [-0.05, 0) is 43.7 Å². The van der Waals surface area contributed by atoms with Crippen LogP contribution >= 0.6 is 0 Å². The molecule has 0 radical (unpaired) electrons. The summed E-state index contributed by atoms with van der Waals surface area (Å²) in [7, 11) is -3.55. The molecule has 0 fully saturated rings. The highest BCUT2D eigenvalue weighted by atomic mass is 32.2. The molecule has 0 aliphatic rings. The van der Waals surface area contributed by atoms with E-state index in [2.05, 4.69) is 10.0 Å². The van der Waals surface area contributed by atoms with Crippen molar-refractivity contribution in [1.29, 1.82) is 0 Å². The normalized spacial score (nSPS) is 11.0. The van der Waals surface area contributed by atoms with Crippen molar-refractivity contribution in [3.8, 4) is 0 Å². The number of sulfonamides is 1. The fourth-order valence-corrected chi connectivity index (χ4v) is 3.19. The van der Waals surface area contributed by atoms with Gasteiger partial charge in [0.1, 0.15) is 5.82 Å². The van der Waals surface area contributed by atoms with Crippen molar-refractivity contribution in [3.05, 3.63) is 65.5 Å². The third-order valence-corrected chi connectivity index (χ3v) is 5.50. The lowest BCUT2D eigenvalue weighted by Gasteiger charge is -2.22. The molecule has 2 amide bonds. The van der Waals surface area contributed by atoms with Crippen molar-refractivity contribution in [2.45, 2.75) is 20.4 Å². The van der Waals surface area contributed by atoms with Crippen molar-refractivity contribution in [2.75, 3.05) is 23.6 Å². The van der Waals surface area contributed by atoms with Gasteiger partial charge in [-0.25, -0.2) is 12.8 Å². The second-order valence-corrected chi connectivity index (χ2v) is 8.28. The van der Waals surface area contributed by atoms with Gasteiger partial charge in [0.25, 0.3) is 5.91 Å². The number of carbonyl (C=O) groups excluding carboxylic acids is 2. The molecule has 9 heteroatoms. The van der Waals surface area contributed by atoms with Crippen molar-refractivity contribution >= 4 is 27.5 Å². The van der Waals surface area contributed by atoms with Gasteiger partial charge in [-0.3, -0.25) is 14.3 Å². The average Bonchev–Trinajstić information content (AvgIpc) is 2.71. The second kappa shape index (κ2) is 10.0. The lowest BCUT2D eigenvalue weighted by molar-refractivity contribution is -0.121. The van der Waals surface area contributed by atoms with E-state index in [-0.39, 0.29) is 48.4 Å². The van der Waals surface area contributed by atoms with E-state index in [1.165, 1.54) is 36.1 Å². The standard InChI is InChI=1S/C20H24FN3O4S/c1-3-24(14-19(25)22-13-15-9-11-16(21)12-10-15)20(26)17-7-5-6-8-18(17)23-29(27,28)4-2/h5-12,23H,3-4,13-14H2,1-2H3,(H,22,25). The molecule has 0 spiro atoms. The second-order valence-electron chi connectivity index (χ2n) is 6.27. The Morgan fingerprint density at radius 2 is 1.69 bits per heavy atom. The third kappa shape index (κ3) is 6.56. The topological polar surface area (TPSA) is 95.6 Å². The van der Waals surface area contributed by atoms with Crippen LogP contribution in [0.1, 0.15) is 29.8 Å². The lowest BCUT2D eigenvalue weighted by atomic mass is 10.1. The molecule has 156 valence electrons. The van der Waals surface area contributed by atoms with Gasteiger partial charge in [-0.1, -0.05) is 24.3 Å². The molecular weight excluding hydrogens is 397 g/mol. The van der Waals surface area contributed by atoms with Crippen molar-refractivity contribution < 1.29 is 22.4 Å². The summed E-state index contributed by atoms with van der Waals surface area (Å²) in [6.07, 6.45) is 0. The van der Waals surface area contributed by atoms with E-state index in [9.17, 15) is 22.4 Å². The first-order valence-corrected chi connectivity index (χ1v) is 10.8. The van der Waals surface area contributed by atoms with Crippen molar-refractivity contribution in [2.24, 2.45) is 0 Å². The van der Waals surface area contributed by atoms with E-state index < -0.39 is 15.9 Å². The number of likely N-dealkylation sites (N-methyl/N-ethyl adjacent to an activating group) is 1. The predicted octanol–water partition coefficient (Wildman–Crippen LogP) is 2.37. The number of halogens is 1. The predicted molar refractivity (Wildman–Crippen MR) is 109 cm³/mol. The van der Waals surface area contributed by atoms with Crippen LogP contribution in [0.15, 0.2) is 48.5 Å². The average molecular weight is 421 g/mol. The van der Waals surface area contributed by atoms with Gasteiger partial charge in [0, 0.05) is 13.1 Å². The van der Waals surface area contributed by atoms with E-state index in [4.69, 9.17) is 0 Å².